The molecule has 0 bridgehead atoms. The smallest absolute Gasteiger partial charge is 0.269 e. The Morgan fingerprint density at radius 2 is 2.05 bits per heavy atom. The Balaban J connectivity index is 2.07. The first-order valence-corrected chi connectivity index (χ1v) is 6.70. The van der Waals surface area contributed by atoms with Gasteiger partial charge in [0.05, 0.1) is 6.20 Å². The Morgan fingerprint density at radius 1 is 1.38 bits per heavy atom. The van der Waals surface area contributed by atoms with Crippen molar-refractivity contribution in [2.45, 2.75) is 32.8 Å². The van der Waals surface area contributed by atoms with Crippen molar-refractivity contribution in [3.63, 3.8) is 0 Å². The van der Waals surface area contributed by atoms with Crippen molar-refractivity contribution in [1.82, 2.24) is 10.2 Å². The second-order valence-electron chi connectivity index (χ2n) is 5.14. The largest absolute Gasteiger partial charge is 0.478 e. The Hall–Kier alpha value is -2.37. The number of ether oxygens (including phenoxy) is 1. The first-order chi connectivity index (χ1) is 9.92. The van der Waals surface area contributed by atoms with Crippen molar-refractivity contribution in [1.29, 1.82) is 0 Å². The second kappa shape index (κ2) is 5.95. The monoisotopic (exact) mass is 291 g/mol. The molecule has 1 aromatic heterocycles. The number of hydrogen-bond acceptors (Lipinski definition) is 3. The van der Waals surface area contributed by atoms with Crippen LogP contribution in [0.1, 0.15) is 26.3 Å². The van der Waals surface area contributed by atoms with E-state index in [2.05, 4.69) is 15.5 Å². The molecule has 6 heteroatoms. The van der Waals surface area contributed by atoms with Crippen LogP contribution in [-0.4, -0.2) is 21.7 Å². The predicted molar refractivity (Wildman–Crippen MR) is 77.7 cm³/mol. The van der Waals surface area contributed by atoms with Crippen LogP contribution in [0.4, 0.5) is 10.2 Å². The van der Waals surface area contributed by atoms with Gasteiger partial charge in [0.1, 0.15) is 17.4 Å². The SMILES string of the molecule is CCc1cn[nH]c1NC(=O)C(C)(C)Oc1ccc(F)cc1. The molecule has 0 atom stereocenters. The maximum absolute atomic E-state index is 12.9. The highest BCUT2D eigenvalue weighted by molar-refractivity contribution is 5.96. The van der Waals surface area contributed by atoms with E-state index in [1.807, 2.05) is 6.92 Å². The molecule has 2 N–H and O–H groups in total. The number of aromatic nitrogens is 2. The molecule has 0 aliphatic carbocycles. The van der Waals surface area contributed by atoms with Crippen molar-refractivity contribution in [3.8, 4) is 5.75 Å². The zero-order valence-corrected chi connectivity index (χ0v) is 12.2. The summed E-state index contributed by atoms with van der Waals surface area (Å²) in [5.74, 6) is 0.329. The van der Waals surface area contributed by atoms with E-state index in [0.717, 1.165) is 12.0 Å². The van der Waals surface area contributed by atoms with Gasteiger partial charge in [0.25, 0.3) is 5.91 Å². The van der Waals surface area contributed by atoms with Gasteiger partial charge < -0.3 is 10.1 Å². The fraction of sp³-hybridized carbons (Fsp3) is 0.333. The number of carbonyl (C=O) groups excluding carboxylic acids is 1. The summed E-state index contributed by atoms with van der Waals surface area (Å²) in [6, 6.07) is 5.54. The minimum atomic E-state index is -1.10. The molecule has 0 fully saturated rings. The highest BCUT2D eigenvalue weighted by Gasteiger charge is 2.30. The molecule has 21 heavy (non-hydrogen) atoms. The van der Waals surface area contributed by atoms with Crippen molar-refractivity contribution in [2.24, 2.45) is 0 Å². The molecule has 0 aliphatic heterocycles. The van der Waals surface area contributed by atoms with Gasteiger partial charge in [-0.1, -0.05) is 6.92 Å². The van der Waals surface area contributed by atoms with Gasteiger partial charge in [-0.15, -0.1) is 0 Å². The van der Waals surface area contributed by atoms with Crippen LogP contribution >= 0.6 is 0 Å². The maximum Gasteiger partial charge on any atom is 0.269 e. The van der Waals surface area contributed by atoms with Crippen molar-refractivity contribution >= 4 is 11.7 Å². The highest BCUT2D eigenvalue weighted by Crippen LogP contribution is 2.21. The number of carbonyl (C=O) groups is 1. The summed E-state index contributed by atoms with van der Waals surface area (Å²) in [5.41, 5.74) is -0.186. The van der Waals surface area contributed by atoms with E-state index >= 15 is 0 Å². The van der Waals surface area contributed by atoms with Gasteiger partial charge in [-0.2, -0.15) is 5.10 Å². The molecule has 1 aromatic carbocycles. The number of rotatable bonds is 5. The number of anilines is 1. The Labute approximate surface area is 122 Å². The van der Waals surface area contributed by atoms with Crippen molar-refractivity contribution in [2.75, 3.05) is 5.32 Å². The summed E-state index contributed by atoms with van der Waals surface area (Å²) in [5, 5.41) is 9.40. The zero-order chi connectivity index (χ0) is 15.5. The lowest BCUT2D eigenvalue weighted by molar-refractivity contribution is -0.128. The van der Waals surface area contributed by atoms with Crippen LogP contribution in [0.5, 0.6) is 5.75 Å². The molecule has 5 nitrogen and oxygen atoms in total. The van der Waals surface area contributed by atoms with Gasteiger partial charge >= 0.3 is 0 Å². The van der Waals surface area contributed by atoms with Gasteiger partial charge in [0, 0.05) is 5.56 Å². The molecule has 2 aromatic rings. The van der Waals surface area contributed by atoms with Crippen LogP contribution in [0, 0.1) is 5.82 Å². The van der Waals surface area contributed by atoms with E-state index in [9.17, 15) is 9.18 Å². The predicted octanol–water partition coefficient (Wildman–Crippen LogP) is 2.91. The summed E-state index contributed by atoms with van der Waals surface area (Å²) in [6.45, 7) is 5.27. The number of amides is 1. The third-order valence-electron chi connectivity index (χ3n) is 3.07. The van der Waals surface area contributed by atoms with E-state index in [1.54, 1.807) is 20.0 Å². The standard InChI is InChI=1S/C15H18FN3O2/c1-4-10-9-17-19-13(10)18-14(20)15(2,3)21-12-7-5-11(16)6-8-12/h5-9H,4H2,1-3H3,(H2,17,18,19,20). The van der Waals surface area contributed by atoms with E-state index in [0.29, 0.717) is 11.6 Å². The van der Waals surface area contributed by atoms with Crippen LogP contribution in [-0.2, 0) is 11.2 Å². The Bertz CT molecular complexity index is 620. The Kier molecular flexibility index (Phi) is 4.26. The third-order valence-corrected chi connectivity index (χ3v) is 3.07. The number of benzene rings is 1. The van der Waals surface area contributed by atoms with Gasteiger partial charge in [0.2, 0.25) is 0 Å². The van der Waals surface area contributed by atoms with Crippen LogP contribution < -0.4 is 10.1 Å². The summed E-state index contributed by atoms with van der Waals surface area (Å²) in [6.07, 6.45) is 2.43. The number of aromatic amines is 1. The number of nitrogens with zero attached hydrogens (tertiary/aromatic N) is 1. The molecule has 0 radical (unpaired) electrons. The van der Waals surface area contributed by atoms with E-state index < -0.39 is 5.60 Å². The fourth-order valence-corrected chi connectivity index (χ4v) is 1.80. The van der Waals surface area contributed by atoms with Gasteiger partial charge in [-0.25, -0.2) is 4.39 Å². The molecule has 0 spiro atoms. The summed E-state index contributed by atoms with van der Waals surface area (Å²) < 4.78 is 18.5. The van der Waals surface area contributed by atoms with E-state index in [1.165, 1.54) is 24.3 Å². The lowest BCUT2D eigenvalue weighted by atomic mass is 10.1. The van der Waals surface area contributed by atoms with Crippen LogP contribution in [0.3, 0.4) is 0 Å². The average molecular weight is 291 g/mol. The van der Waals surface area contributed by atoms with Crippen LogP contribution in [0.25, 0.3) is 0 Å². The average Bonchev–Trinajstić information content (AvgIpc) is 2.88. The van der Waals surface area contributed by atoms with Crippen molar-refractivity contribution < 1.29 is 13.9 Å². The van der Waals surface area contributed by atoms with E-state index in [-0.39, 0.29) is 11.7 Å². The molecule has 0 saturated carbocycles. The molecule has 1 heterocycles. The number of hydrogen-bond donors (Lipinski definition) is 2. The van der Waals surface area contributed by atoms with E-state index in [4.69, 9.17) is 4.74 Å². The number of H-pyrrole nitrogens is 1. The molecule has 0 aliphatic rings. The molecular weight excluding hydrogens is 273 g/mol. The molecule has 1 amide bonds. The topological polar surface area (TPSA) is 67.0 Å². The van der Waals surface area contributed by atoms with Gasteiger partial charge in [0.15, 0.2) is 5.60 Å². The second-order valence-corrected chi connectivity index (χ2v) is 5.14. The first kappa shape index (κ1) is 15.0. The number of nitrogens with one attached hydrogen (secondary N) is 2. The normalized spacial score (nSPS) is 11.2. The number of halogens is 1. The molecular formula is C15H18FN3O2. The quantitative estimate of drug-likeness (QED) is 0.890. The highest BCUT2D eigenvalue weighted by atomic mass is 19.1. The summed E-state index contributed by atoms with van der Waals surface area (Å²) in [7, 11) is 0. The lowest BCUT2D eigenvalue weighted by Crippen LogP contribution is -2.42. The zero-order valence-electron chi connectivity index (χ0n) is 12.2. The number of aryl methyl sites for hydroxylation is 1. The minimum Gasteiger partial charge on any atom is -0.478 e. The Morgan fingerprint density at radius 3 is 2.67 bits per heavy atom. The molecule has 2 rings (SSSR count). The van der Waals surface area contributed by atoms with Crippen LogP contribution in [0.15, 0.2) is 30.5 Å². The molecule has 0 saturated heterocycles. The lowest BCUT2D eigenvalue weighted by Gasteiger charge is -2.25. The fourth-order valence-electron chi connectivity index (χ4n) is 1.80. The molecule has 0 unspecified atom stereocenters. The maximum atomic E-state index is 12.9. The van der Waals surface area contributed by atoms with Crippen molar-refractivity contribution in [3.05, 3.63) is 41.8 Å². The van der Waals surface area contributed by atoms with Gasteiger partial charge in [-0.05, 0) is 44.5 Å². The van der Waals surface area contributed by atoms with Crippen LogP contribution in [0.2, 0.25) is 0 Å². The summed E-state index contributed by atoms with van der Waals surface area (Å²) in [4.78, 5) is 12.3. The summed E-state index contributed by atoms with van der Waals surface area (Å²) >= 11 is 0. The van der Waals surface area contributed by atoms with Gasteiger partial charge in [-0.3, -0.25) is 9.89 Å². The first-order valence-electron chi connectivity index (χ1n) is 6.70. The third kappa shape index (κ3) is 3.59. The minimum absolute atomic E-state index is 0.314. The molecule has 112 valence electrons.